The van der Waals surface area contributed by atoms with Gasteiger partial charge in [0.05, 0.1) is 10.7 Å². The van der Waals surface area contributed by atoms with Crippen molar-refractivity contribution in [1.29, 1.82) is 0 Å². The van der Waals surface area contributed by atoms with E-state index in [0.717, 1.165) is 11.8 Å². The van der Waals surface area contributed by atoms with Crippen molar-refractivity contribution in [2.75, 3.05) is 11.1 Å². The number of nitro groups is 1. The lowest BCUT2D eigenvalue weighted by Crippen LogP contribution is -2.13. The molecule has 10 nitrogen and oxygen atoms in total. The van der Waals surface area contributed by atoms with E-state index in [4.69, 9.17) is 4.42 Å². The minimum atomic E-state index is -4.64. The Morgan fingerprint density at radius 1 is 1.25 bits per heavy atom. The first-order chi connectivity index (χ1) is 13.2. The maximum Gasteiger partial charge on any atom is 0.445 e. The van der Waals surface area contributed by atoms with Gasteiger partial charge in [0.15, 0.2) is 0 Å². The quantitative estimate of drug-likeness (QED) is 0.353. The number of para-hydroxylation sites is 1. The highest BCUT2D eigenvalue weighted by molar-refractivity contribution is 7.99. The number of nitro benzene ring substituents is 1. The van der Waals surface area contributed by atoms with Gasteiger partial charge in [-0.25, -0.2) is 0 Å². The summed E-state index contributed by atoms with van der Waals surface area (Å²) in [6, 6.07) is 5.75. The fraction of sp³-hybridized carbons (Fsp3) is 0.154. The molecule has 0 fully saturated rings. The molecule has 0 bridgehead atoms. The molecule has 0 saturated carbocycles. The molecule has 146 valence electrons. The van der Waals surface area contributed by atoms with Gasteiger partial charge in [0.25, 0.3) is 16.8 Å². The summed E-state index contributed by atoms with van der Waals surface area (Å²) in [5.74, 6) is -1.03. The average Bonchev–Trinajstić information content (AvgIpc) is 3.29. The number of thioether (sulfide) groups is 1. The molecule has 1 amide bonds. The van der Waals surface area contributed by atoms with E-state index in [0.29, 0.717) is 0 Å². The highest BCUT2D eigenvalue weighted by Crippen LogP contribution is 2.33. The number of carbonyl (C=O) groups excluding carboxylic acids is 1. The van der Waals surface area contributed by atoms with Gasteiger partial charge >= 0.3 is 6.18 Å². The summed E-state index contributed by atoms with van der Waals surface area (Å²) in [6.45, 7) is 0. The summed E-state index contributed by atoms with van der Waals surface area (Å²) in [6.07, 6.45) is -4.64. The van der Waals surface area contributed by atoms with E-state index in [-0.39, 0.29) is 44.6 Å². The lowest BCUT2D eigenvalue weighted by Gasteiger charge is -1.99. The van der Waals surface area contributed by atoms with E-state index in [2.05, 4.69) is 25.7 Å². The van der Waals surface area contributed by atoms with Gasteiger partial charge in [0.2, 0.25) is 16.0 Å². The molecule has 0 aliphatic carbocycles. The van der Waals surface area contributed by atoms with Crippen molar-refractivity contribution in [2.45, 2.75) is 11.4 Å². The summed E-state index contributed by atoms with van der Waals surface area (Å²) >= 11 is 0.994. The first kappa shape index (κ1) is 19.7. The van der Waals surface area contributed by atoms with Crippen molar-refractivity contribution in [3.05, 3.63) is 39.4 Å². The Labute approximate surface area is 161 Å². The molecule has 1 aromatic carbocycles. The molecule has 1 N–H and O–H groups in total. The molecule has 0 atom stereocenters. The average molecular weight is 432 g/mol. The molecule has 3 aromatic rings. The minimum Gasteiger partial charge on any atom is -0.411 e. The van der Waals surface area contributed by atoms with Crippen molar-refractivity contribution >= 4 is 39.8 Å². The predicted octanol–water partition coefficient (Wildman–Crippen LogP) is 3.25. The highest BCUT2D eigenvalue weighted by atomic mass is 32.2. The zero-order chi connectivity index (χ0) is 20.3. The number of amides is 1. The third-order valence-electron chi connectivity index (χ3n) is 2.98. The van der Waals surface area contributed by atoms with Crippen LogP contribution in [0, 0.1) is 10.1 Å². The number of halogens is 3. The van der Waals surface area contributed by atoms with Crippen LogP contribution in [-0.4, -0.2) is 37.0 Å². The number of hydrogen-bond donors (Lipinski definition) is 1. The normalized spacial score (nSPS) is 11.4. The summed E-state index contributed by atoms with van der Waals surface area (Å²) in [4.78, 5) is 22.2. The molecule has 0 radical (unpaired) electrons. The van der Waals surface area contributed by atoms with Crippen molar-refractivity contribution < 1.29 is 27.3 Å². The van der Waals surface area contributed by atoms with Gasteiger partial charge in [-0.05, 0) is 6.07 Å². The second kappa shape index (κ2) is 7.89. The first-order valence-corrected chi connectivity index (χ1v) is 8.95. The van der Waals surface area contributed by atoms with Crippen LogP contribution in [0.2, 0.25) is 0 Å². The van der Waals surface area contributed by atoms with Crippen molar-refractivity contribution in [3.8, 4) is 11.5 Å². The van der Waals surface area contributed by atoms with Crippen LogP contribution in [0.25, 0.3) is 11.5 Å². The van der Waals surface area contributed by atoms with E-state index in [1.165, 1.54) is 18.2 Å². The SMILES string of the molecule is O=C(CSc1nnc(-c2ccccc2[N+](=O)[O-])o1)Nc1nnc(C(F)(F)F)s1. The smallest absolute Gasteiger partial charge is 0.411 e. The largest absolute Gasteiger partial charge is 0.445 e. The second-order valence-electron chi connectivity index (χ2n) is 4.89. The third-order valence-corrected chi connectivity index (χ3v) is 4.68. The standard InChI is InChI=1S/C13H7F3N6O4S2/c14-13(15,16)10-19-20-11(28-10)17-8(23)5-27-12-21-18-9(26-12)6-3-1-2-4-7(6)22(24)25/h1-4H,5H2,(H,17,20,23). The Balaban J connectivity index is 1.61. The minimum absolute atomic E-state index is 0.0449. The molecule has 2 heterocycles. The van der Waals surface area contributed by atoms with Gasteiger partial charge in [0.1, 0.15) is 5.56 Å². The van der Waals surface area contributed by atoms with Crippen molar-refractivity contribution in [3.63, 3.8) is 0 Å². The van der Waals surface area contributed by atoms with Crippen LogP contribution in [0.1, 0.15) is 5.01 Å². The molecule has 15 heteroatoms. The van der Waals surface area contributed by atoms with Gasteiger partial charge in [-0.3, -0.25) is 20.2 Å². The molecule has 0 aliphatic heterocycles. The lowest BCUT2D eigenvalue weighted by molar-refractivity contribution is -0.384. The van der Waals surface area contributed by atoms with Crippen LogP contribution in [0.5, 0.6) is 0 Å². The number of carbonyl (C=O) groups is 1. The van der Waals surface area contributed by atoms with Gasteiger partial charge in [0, 0.05) is 6.07 Å². The maximum atomic E-state index is 12.5. The number of anilines is 1. The highest BCUT2D eigenvalue weighted by Gasteiger charge is 2.35. The van der Waals surface area contributed by atoms with Gasteiger partial charge in [-0.15, -0.1) is 20.4 Å². The molecule has 0 aliphatic rings. The number of rotatable bonds is 6. The topological polar surface area (TPSA) is 137 Å². The number of nitrogens with zero attached hydrogens (tertiary/aromatic N) is 5. The summed E-state index contributed by atoms with van der Waals surface area (Å²) in [5.41, 5.74) is -0.109. The zero-order valence-corrected chi connectivity index (χ0v) is 15.0. The van der Waals surface area contributed by atoms with Crippen LogP contribution in [0.15, 0.2) is 33.9 Å². The van der Waals surface area contributed by atoms with Gasteiger partial charge in [-0.1, -0.05) is 35.2 Å². The predicted molar refractivity (Wildman–Crippen MR) is 90.7 cm³/mol. The number of aromatic nitrogens is 4. The molecule has 3 rings (SSSR count). The molecule has 0 spiro atoms. The van der Waals surface area contributed by atoms with E-state index in [9.17, 15) is 28.1 Å². The van der Waals surface area contributed by atoms with E-state index in [1.807, 2.05) is 0 Å². The van der Waals surface area contributed by atoms with Crippen molar-refractivity contribution in [2.24, 2.45) is 0 Å². The van der Waals surface area contributed by atoms with Gasteiger partial charge < -0.3 is 4.42 Å². The van der Waals surface area contributed by atoms with Crippen LogP contribution >= 0.6 is 23.1 Å². The Kier molecular flexibility index (Phi) is 5.55. The molecular weight excluding hydrogens is 425 g/mol. The van der Waals surface area contributed by atoms with Crippen LogP contribution in [0.3, 0.4) is 0 Å². The summed E-state index contributed by atoms with van der Waals surface area (Å²) in [7, 11) is 0. The maximum absolute atomic E-state index is 12.5. The number of alkyl halides is 3. The van der Waals surface area contributed by atoms with E-state index in [1.54, 1.807) is 6.07 Å². The monoisotopic (exact) mass is 432 g/mol. The molecule has 28 heavy (non-hydrogen) atoms. The fourth-order valence-electron chi connectivity index (χ4n) is 1.86. The van der Waals surface area contributed by atoms with E-state index >= 15 is 0 Å². The lowest BCUT2D eigenvalue weighted by atomic mass is 10.2. The third kappa shape index (κ3) is 4.61. The van der Waals surface area contributed by atoms with Crippen molar-refractivity contribution in [1.82, 2.24) is 20.4 Å². The summed E-state index contributed by atoms with van der Waals surface area (Å²) in [5, 5.41) is 25.2. The summed E-state index contributed by atoms with van der Waals surface area (Å²) < 4.78 is 42.6. The first-order valence-electron chi connectivity index (χ1n) is 7.14. The zero-order valence-electron chi connectivity index (χ0n) is 13.3. The number of benzene rings is 1. The Bertz CT molecular complexity index is 1020. The Morgan fingerprint density at radius 2 is 2.00 bits per heavy atom. The van der Waals surface area contributed by atoms with Gasteiger partial charge in [-0.2, -0.15) is 13.2 Å². The Morgan fingerprint density at radius 3 is 2.68 bits per heavy atom. The molecule has 2 aromatic heterocycles. The molecule has 0 unspecified atom stereocenters. The second-order valence-corrected chi connectivity index (χ2v) is 6.80. The van der Waals surface area contributed by atoms with Crippen LogP contribution < -0.4 is 5.32 Å². The number of nitrogens with one attached hydrogen (secondary N) is 1. The van der Waals surface area contributed by atoms with Crippen LogP contribution in [-0.2, 0) is 11.0 Å². The fourth-order valence-corrected chi connectivity index (χ4v) is 3.05. The molecule has 0 saturated heterocycles. The molecular formula is C13H7F3N6O4S2. The Hall–Kier alpha value is -3.07. The van der Waals surface area contributed by atoms with Crippen LogP contribution in [0.4, 0.5) is 24.0 Å². The number of hydrogen-bond acceptors (Lipinski definition) is 10. The van der Waals surface area contributed by atoms with E-state index < -0.39 is 22.0 Å².